The Labute approximate surface area is 71.5 Å². The molecule has 12 heavy (non-hydrogen) atoms. The van der Waals surface area contributed by atoms with Crippen LogP contribution in [0.25, 0.3) is 0 Å². The molecule has 0 spiro atoms. The van der Waals surface area contributed by atoms with Crippen molar-refractivity contribution in [2.75, 3.05) is 6.61 Å². The standard InChI is InChI=1S/C10H11FO/c1-3-7-12-9-6-4-5-8(2)10(9)11/h3-6H,1,7H2,2H3. The van der Waals surface area contributed by atoms with Gasteiger partial charge in [-0.25, -0.2) is 4.39 Å². The molecule has 0 aliphatic carbocycles. The Bertz CT molecular complexity index is 281. The Balaban J connectivity index is 2.84. The summed E-state index contributed by atoms with van der Waals surface area (Å²) in [6.07, 6.45) is 1.59. The first-order chi connectivity index (χ1) is 5.75. The van der Waals surface area contributed by atoms with Crippen LogP contribution in [0.5, 0.6) is 5.75 Å². The Morgan fingerprint density at radius 1 is 1.58 bits per heavy atom. The fourth-order valence-electron chi connectivity index (χ4n) is 0.881. The van der Waals surface area contributed by atoms with Gasteiger partial charge in [0, 0.05) is 0 Å². The van der Waals surface area contributed by atoms with Crippen molar-refractivity contribution in [2.24, 2.45) is 0 Å². The van der Waals surface area contributed by atoms with E-state index in [1.165, 1.54) is 0 Å². The zero-order valence-corrected chi connectivity index (χ0v) is 7.01. The first kappa shape index (κ1) is 8.78. The maximum Gasteiger partial charge on any atom is 0.167 e. The third-order valence-corrected chi connectivity index (χ3v) is 1.51. The van der Waals surface area contributed by atoms with Gasteiger partial charge in [0.2, 0.25) is 0 Å². The van der Waals surface area contributed by atoms with Crippen LogP contribution in [0.15, 0.2) is 30.9 Å². The monoisotopic (exact) mass is 166 g/mol. The van der Waals surface area contributed by atoms with Gasteiger partial charge in [0.15, 0.2) is 11.6 Å². The summed E-state index contributed by atoms with van der Waals surface area (Å²) in [5.41, 5.74) is 0.594. The molecular formula is C10H11FO. The predicted molar refractivity (Wildman–Crippen MR) is 46.8 cm³/mol. The normalized spacial score (nSPS) is 9.50. The number of rotatable bonds is 3. The van der Waals surface area contributed by atoms with Crippen molar-refractivity contribution in [1.29, 1.82) is 0 Å². The summed E-state index contributed by atoms with van der Waals surface area (Å²) in [5.74, 6) is -0.00532. The molecule has 1 aromatic carbocycles. The maximum absolute atomic E-state index is 13.2. The van der Waals surface area contributed by atoms with Crippen LogP contribution in [0.4, 0.5) is 4.39 Å². The smallest absolute Gasteiger partial charge is 0.167 e. The molecular weight excluding hydrogens is 155 g/mol. The second-order valence-corrected chi connectivity index (χ2v) is 2.49. The lowest BCUT2D eigenvalue weighted by Gasteiger charge is -2.05. The molecule has 2 heteroatoms. The van der Waals surface area contributed by atoms with E-state index in [1.54, 1.807) is 31.2 Å². The Kier molecular flexibility index (Phi) is 2.86. The van der Waals surface area contributed by atoms with E-state index in [9.17, 15) is 4.39 Å². The van der Waals surface area contributed by atoms with Gasteiger partial charge in [-0.05, 0) is 18.6 Å². The molecule has 0 N–H and O–H groups in total. The molecule has 0 amide bonds. The molecule has 1 aromatic rings. The lowest BCUT2D eigenvalue weighted by Crippen LogP contribution is -1.96. The Morgan fingerprint density at radius 3 is 3.00 bits per heavy atom. The van der Waals surface area contributed by atoms with Crippen molar-refractivity contribution >= 4 is 0 Å². The Morgan fingerprint density at radius 2 is 2.33 bits per heavy atom. The lowest BCUT2D eigenvalue weighted by atomic mass is 10.2. The van der Waals surface area contributed by atoms with E-state index in [4.69, 9.17) is 4.74 Å². The van der Waals surface area contributed by atoms with E-state index in [0.717, 1.165) is 0 Å². The quantitative estimate of drug-likeness (QED) is 0.627. The largest absolute Gasteiger partial charge is 0.486 e. The van der Waals surface area contributed by atoms with Crippen LogP contribution < -0.4 is 4.74 Å². The van der Waals surface area contributed by atoms with Crippen molar-refractivity contribution in [1.82, 2.24) is 0 Å². The van der Waals surface area contributed by atoms with Crippen molar-refractivity contribution in [2.45, 2.75) is 6.92 Å². The van der Waals surface area contributed by atoms with Crippen LogP contribution in [-0.4, -0.2) is 6.61 Å². The summed E-state index contributed by atoms with van der Waals surface area (Å²) in [5, 5.41) is 0. The van der Waals surface area contributed by atoms with E-state index in [1.807, 2.05) is 0 Å². The van der Waals surface area contributed by atoms with Gasteiger partial charge in [0.05, 0.1) is 0 Å². The summed E-state index contributed by atoms with van der Waals surface area (Å²) in [6.45, 7) is 5.52. The highest BCUT2D eigenvalue weighted by molar-refractivity contribution is 5.30. The SMILES string of the molecule is C=CCOc1cccc(C)c1F. The molecule has 0 saturated heterocycles. The zero-order valence-electron chi connectivity index (χ0n) is 7.01. The highest BCUT2D eigenvalue weighted by Gasteiger charge is 2.03. The molecule has 64 valence electrons. The average Bonchev–Trinajstić information content (AvgIpc) is 2.08. The molecule has 0 aliphatic rings. The van der Waals surface area contributed by atoms with E-state index in [2.05, 4.69) is 6.58 Å². The molecule has 0 aromatic heterocycles. The molecule has 1 rings (SSSR count). The molecule has 0 heterocycles. The van der Waals surface area contributed by atoms with Crippen LogP contribution in [0.1, 0.15) is 5.56 Å². The predicted octanol–water partition coefficient (Wildman–Crippen LogP) is 2.70. The highest BCUT2D eigenvalue weighted by atomic mass is 19.1. The number of aryl methyl sites for hydroxylation is 1. The van der Waals surface area contributed by atoms with E-state index >= 15 is 0 Å². The first-order valence-corrected chi connectivity index (χ1v) is 3.74. The van der Waals surface area contributed by atoms with Gasteiger partial charge >= 0.3 is 0 Å². The minimum absolute atomic E-state index is 0.287. The van der Waals surface area contributed by atoms with Crippen LogP contribution in [0, 0.1) is 12.7 Å². The van der Waals surface area contributed by atoms with Crippen molar-refractivity contribution < 1.29 is 9.13 Å². The summed E-state index contributed by atoms with van der Waals surface area (Å²) in [7, 11) is 0. The average molecular weight is 166 g/mol. The molecule has 0 aliphatic heterocycles. The van der Waals surface area contributed by atoms with Crippen molar-refractivity contribution in [3.63, 3.8) is 0 Å². The van der Waals surface area contributed by atoms with E-state index < -0.39 is 0 Å². The van der Waals surface area contributed by atoms with Crippen LogP contribution >= 0.6 is 0 Å². The molecule has 0 saturated carbocycles. The third-order valence-electron chi connectivity index (χ3n) is 1.51. The number of hydrogen-bond acceptors (Lipinski definition) is 1. The third kappa shape index (κ3) is 1.84. The fraction of sp³-hybridized carbons (Fsp3) is 0.200. The second kappa shape index (κ2) is 3.90. The number of ether oxygens (including phenoxy) is 1. The van der Waals surface area contributed by atoms with Gasteiger partial charge < -0.3 is 4.74 Å². The minimum atomic E-state index is -0.292. The van der Waals surface area contributed by atoms with Gasteiger partial charge in [-0.3, -0.25) is 0 Å². The van der Waals surface area contributed by atoms with E-state index in [-0.39, 0.29) is 11.6 Å². The zero-order chi connectivity index (χ0) is 8.97. The summed E-state index contributed by atoms with van der Waals surface area (Å²) < 4.78 is 18.2. The topological polar surface area (TPSA) is 9.23 Å². The molecule has 0 radical (unpaired) electrons. The fourth-order valence-corrected chi connectivity index (χ4v) is 0.881. The van der Waals surface area contributed by atoms with Crippen LogP contribution in [0.3, 0.4) is 0 Å². The first-order valence-electron chi connectivity index (χ1n) is 3.74. The molecule has 0 fully saturated rings. The molecule has 0 atom stereocenters. The molecule has 0 unspecified atom stereocenters. The molecule has 1 nitrogen and oxygen atoms in total. The summed E-state index contributed by atoms with van der Waals surface area (Å²) in [4.78, 5) is 0. The number of hydrogen-bond donors (Lipinski definition) is 0. The summed E-state index contributed by atoms with van der Waals surface area (Å²) in [6, 6.07) is 5.07. The van der Waals surface area contributed by atoms with Crippen LogP contribution in [0.2, 0.25) is 0 Å². The maximum atomic E-state index is 13.2. The van der Waals surface area contributed by atoms with Crippen LogP contribution in [-0.2, 0) is 0 Å². The number of halogens is 1. The van der Waals surface area contributed by atoms with Gasteiger partial charge in [-0.2, -0.15) is 0 Å². The lowest BCUT2D eigenvalue weighted by molar-refractivity contribution is 0.341. The van der Waals surface area contributed by atoms with Gasteiger partial charge in [-0.15, -0.1) is 0 Å². The van der Waals surface area contributed by atoms with Gasteiger partial charge in [-0.1, -0.05) is 24.8 Å². The second-order valence-electron chi connectivity index (χ2n) is 2.49. The van der Waals surface area contributed by atoms with Crippen molar-refractivity contribution in [3.8, 4) is 5.75 Å². The van der Waals surface area contributed by atoms with Gasteiger partial charge in [0.1, 0.15) is 6.61 Å². The number of benzene rings is 1. The molecule has 0 bridgehead atoms. The van der Waals surface area contributed by atoms with Crippen molar-refractivity contribution in [3.05, 3.63) is 42.2 Å². The van der Waals surface area contributed by atoms with Gasteiger partial charge in [0.25, 0.3) is 0 Å². The Hall–Kier alpha value is -1.31. The van der Waals surface area contributed by atoms with E-state index in [0.29, 0.717) is 12.2 Å². The minimum Gasteiger partial charge on any atom is -0.486 e. The summed E-state index contributed by atoms with van der Waals surface area (Å²) >= 11 is 0. The highest BCUT2D eigenvalue weighted by Crippen LogP contribution is 2.19.